The zero-order valence-corrected chi connectivity index (χ0v) is 16.4. The van der Waals surface area contributed by atoms with Crippen LogP contribution in [0.15, 0.2) is 70.0 Å². The van der Waals surface area contributed by atoms with Crippen molar-refractivity contribution in [2.45, 2.75) is 13.5 Å². The Labute approximate surface area is 172 Å². The van der Waals surface area contributed by atoms with Gasteiger partial charge in [0.05, 0.1) is 23.1 Å². The van der Waals surface area contributed by atoms with Gasteiger partial charge in [-0.3, -0.25) is 14.5 Å². The number of hydrogen-bond acceptors (Lipinski definition) is 5. The van der Waals surface area contributed by atoms with E-state index < -0.39 is 0 Å². The largest absolute Gasteiger partial charge is 0.457 e. The van der Waals surface area contributed by atoms with Gasteiger partial charge in [0.25, 0.3) is 11.1 Å². The van der Waals surface area contributed by atoms with Gasteiger partial charge in [-0.2, -0.15) is 5.26 Å². The predicted molar refractivity (Wildman–Crippen MR) is 112 cm³/mol. The first-order valence-corrected chi connectivity index (χ1v) is 9.76. The molecule has 4 rings (SSSR count). The number of hydrogen-bond donors (Lipinski definition) is 0. The first-order valence-electron chi connectivity index (χ1n) is 8.95. The van der Waals surface area contributed by atoms with Crippen molar-refractivity contribution in [3.05, 3.63) is 88.0 Å². The Morgan fingerprint density at radius 2 is 1.76 bits per heavy atom. The molecule has 0 aliphatic carbocycles. The van der Waals surface area contributed by atoms with Gasteiger partial charge in [-0.25, -0.2) is 0 Å². The van der Waals surface area contributed by atoms with Crippen LogP contribution in [-0.4, -0.2) is 16.0 Å². The van der Waals surface area contributed by atoms with Gasteiger partial charge in [-0.15, -0.1) is 0 Å². The van der Waals surface area contributed by atoms with E-state index in [0.717, 1.165) is 28.5 Å². The predicted octanol–water partition coefficient (Wildman–Crippen LogP) is 5.36. The number of furan rings is 1. The van der Waals surface area contributed by atoms with E-state index in [-0.39, 0.29) is 17.7 Å². The Hall–Kier alpha value is -3.56. The van der Waals surface area contributed by atoms with E-state index in [1.54, 1.807) is 42.5 Å². The Kier molecular flexibility index (Phi) is 5.07. The maximum atomic E-state index is 12.7. The zero-order chi connectivity index (χ0) is 20.4. The first-order chi connectivity index (χ1) is 14.0. The molecule has 2 amide bonds. The van der Waals surface area contributed by atoms with Crippen LogP contribution >= 0.6 is 11.8 Å². The summed E-state index contributed by atoms with van der Waals surface area (Å²) in [7, 11) is 0. The number of benzene rings is 2. The Balaban J connectivity index is 1.52. The van der Waals surface area contributed by atoms with Crippen LogP contribution in [0.1, 0.15) is 22.5 Å². The molecular formula is C23H16N2O3S. The van der Waals surface area contributed by atoms with E-state index in [4.69, 9.17) is 9.68 Å². The second-order valence-corrected chi connectivity index (χ2v) is 7.64. The highest BCUT2D eigenvalue weighted by Gasteiger charge is 2.35. The highest BCUT2D eigenvalue weighted by Crippen LogP contribution is 2.34. The van der Waals surface area contributed by atoms with Crippen molar-refractivity contribution in [1.29, 1.82) is 5.26 Å². The van der Waals surface area contributed by atoms with E-state index in [0.29, 0.717) is 22.0 Å². The molecule has 142 valence electrons. The summed E-state index contributed by atoms with van der Waals surface area (Å²) in [5.74, 6) is 0.793. The average Bonchev–Trinajstić information content (AvgIpc) is 3.30. The fourth-order valence-electron chi connectivity index (χ4n) is 2.94. The smallest absolute Gasteiger partial charge is 0.293 e. The third-order valence-corrected chi connectivity index (χ3v) is 5.44. The van der Waals surface area contributed by atoms with Gasteiger partial charge >= 0.3 is 0 Å². The number of aryl methyl sites for hydroxylation is 1. The maximum absolute atomic E-state index is 12.7. The molecule has 5 nitrogen and oxygen atoms in total. The van der Waals surface area contributed by atoms with Gasteiger partial charge in [-0.05, 0) is 60.6 Å². The van der Waals surface area contributed by atoms with E-state index >= 15 is 0 Å². The summed E-state index contributed by atoms with van der Waals surface area (Å²) in [6, 6.07) is 20.4. The van der Waals surface area contributed by atoms with Gasteiger partial charge in [0.15, 0.2) is 0 Å². The van der Waals surface area contributed by atoms with Crippen LogP contribution in [0, 0.1) is 18.3 Å². The van der Waals surface area contributed by atoms with Crippen molar-refractivity contribution in [3.63, 3.8) is 0 Å². The van der Waals surface area contributed by atoms with Crippen molar-refractivity contribution in [1.82, 2.24) is 4.90 Å². The van der Waals surface area contributed by atoms with E-state index in [1.165, 1.54) is 4.90 Å². The number of rotatable bonds is 4. The highest BCUT2D eigenvalue weighted by molar-refractivity contribution is 8.18. The third kappa shape index (κ3) is 4.00. The summed E-state index contributed by atoms with van der Waals surface area (Å²) >= 11 is 0.912. The van der Waals surface area contributed by atoms with E-state index in [2.05, 4.69) is 6.07 Å². The van der Waals surface area contributed by atoms with Gasteiger partial charge < -0.3 is 4.42 Å². The quantitative estimate of drug-likeness (QED) is 0.551. The summed E-state index contributed by atoms with van der Waals surface area (Å²) in [4.78, 5) is 26.6. The molecule has 0 atom stereocenters. The molecule has 2 heterocycles. The summed E-state index contributed by atoms with van der Waals surface area (Å²) in [5.41, 5.74) is 3.43. The molecule has 0 N–H and O–H groups in total. The summed E-state index contributed by atoms with van der Waals surface area (Å²) in [5, 5.41) is 8.60. The third-order valence-electron chi connectivity index (χ3n) is 4.53. The minimum absolute atomic E-state index is 0.247. The molecule has 2 aromatic carbocycles. The van der Waals surface area contributed by atoms with Crippen LogP contribution in [0.5, 0.6) is 0 Å². The lowest BCUT2D eigenvalue weighted by Crippen LogP contribution is -2.27. The number of nitrogens with zero attached hydrogens (tertiary/aromatic N) is 2. The summed E-state index contributed by atoms with van der Waals surface area (Å²) < 4.78 is 5.80. The maximum Gasteiger partial charge on any atom is 0.293 e. The number of imide groups is 1. The molecule has 1 aliphatic heterocycles. The molecule has 0 bridgehead atoms. The molecule has 0 spiro atoms. The molecule has 0 radical (unpaired) electrons. The van der Waals surface area contributed by atoms with Crippen molar-refractivity contribution in [2.75, 3.05) is 0 Å². The number of thioether (sulfide) groups is 1. The number of carbonyl (C=O) groups excluding carboxylic acids is 2. The van der Waals surface area contributed by atoms with E-state index in [9.17, 15) is 9.59 Å². The summed E-state index contributed by atoms with van der Waals surface area (Å²) in [6.45, 7) is 2.24. The standard InChI is InChI=1S/C23H16N2O3S/c1-15-2-4-17(5-3-15)14-25-22(26)21(29-23(25)27)12-19-10-11-20(28-19)18-8-6-16(13-24)7-9-18/h2-12H,14H2,1H3. The molecule has 1 saturated heterocycles. The lowest BCUT2D eigenvalue weighted by atomic mass is 10.1. The Morgan fingerprint density at radius 1 is 1.03 bits per heavy atom. The van der Waals surface area contributed by atoms with Crippen LogP contribution < -0.4 is 0 Å². The van der Waals surface area contributed by atoms with Gasteiger partial charge in [0.1, 0.15) is 11.5 Å². The van der Waals surface area contributed by atoms with E-state index in [1.807, 2.05) is 31.2 Å². The van der Waals surface area contributed by atoms with Crippen LogP contribution in [0.25, 0.3) is 17.4 Å². The van der Waals surface area contributed by atoms with Crippen LogP contribution in [0.3, 0.4) is 0 Å². The molecule has 0 unspecified atom stereocenters. The van der Waals surface area contributed by atoms with Crippen molar-refractivity contribution >= 4 is 29.0 Å². The second kappa shape index (κ2) is 7.82. The molecule has 3 aromatic rings. The first kappa shape index (κ1) is 18.8. The normalized spacial score (nSPS) is 15.2. The zero-order valence-electron chi connectivity index (χ0n) is 15.6. The topological polar surface area (TPSA) is 74.3 Å². The molecule has 1 aromatic heterocycles. The van der Waals surface area contributed by atoms with Crippen molar-refractivity contribution in [3.8, 4) is 17.4 Å². The Bertz CT molecular complexity index is 1150. The Morgan fingerprint density at radius 3 is 2.45 bits per heavy atom. The van der Waals surface area contributed by atoms with Crippen LogP contribution in [0.2, 0.25) is 0 Å². The molecule has 0 saturated carbocycles. The number of amides is 2. The van der Waals surface area contributed by atoms with Gasteiger partial charge in [-0.1, -0.05) is 29.8 Å². The molecule has 1 fully saturated rings. The fraction of sp³-hybridized carbons (Fsp3) is 0.0870. The number of carbonyl (C=O) groups is 2. The molecule has 29 heavy (non-hydrogen) atoms. The highest BCUT2D eigenvalue weighted by atomic mass is 32.2. The number of nitriles is 1. The average molecular weight is 400 g/mol. The van der Waals surface area contributed by atoms with Crippen LogP contribution in [0.4, 0.5) is 4.79 Å². The van der Waals surface area contributed by atoms with Gasteiger partial charge in [0, 0.05) is 11.6 Å². The van der Waals surface area contributed by atoms with Crippen LogP contribution in [-0.2, 0) is 11.3 Å². The van der Waals surface area contributed by atoms with Gasteiger partial charge in [0.2, 0.25) is 0 Å². The second-order valence-electron chi connectivity index (χ2n) is 6.64. The lowest BCUT2D eigenvalue weighted by Gasteiger charge is -2.12. The van der Waals surface area contributed by atoms with Crippen molar-refractivity contribution in [2.24, 2.45) is 0 Å². The minimum Gasteiger partial charge on any atom is -0.457 e. The SMILES string of the molecule is Cc1ccc(CN2C(=O)SC(=Cc3ccc(-c4ccc(C#N)cc4)o3)C2=O)cc1. The monoisotopic (exact) mass is 400 g/mol. The minimum atomic E-state index is -0.322. The fourth-order valence-corrected chi connectivity index (χ4v) is 3.75. The summed E-state index contributed by atoms with van der Waals surface area (Å²) in [6.07, 6.45) is 1.59. The molecule has 1 aliphatic rings. The lowest BCUT2D eigenvalue weighted by molar-refractivity contribution is -0.123. The van der Waals surface area contributed by atoms with Crippen molar-refractivity contribution < 1.29 is 14.0 Å². The molecule has 6 heteroatoms. The molecular weight excluding hydrogens is 384 g/mol.